The zero-order chi connectivity index (χ0) is 13.1. The van der Waals surface area contributed by atoms with Gasteiger partial charge in [0.1, 0.15) is 0 Å². The van der Waals surface area contributed by atoms with Crippen LogP contribution in [0.2, 0.25) is 0 Å². The molecule has 6 heteroatoms. The van der Waals surface area contributed by atoms with Gasteiger partial charge in [0.15, 0.2) is 0 Å². The van der Waals surface area contributed by atoms with E-state index in [9.17, 15) is 4.79 Å². The molecule has 0 atom stereocenters. The maximum absolute atomic E-state index is 11.8. The molecule has 18 heavy (non-hydrogen) atoms. The molecule has 1 aromatic carbocycles. The lowest BCUT2D eigenvalue weighted by molar-refractivity contribution is -0.115. The van der Waals surface area contributed by atoms with Gasteiger partial charge in [-0.25, -0.2) is 4.98 Å². The number of amides is 1. The van der Waals surface area contributed by atoms with Crippen LogP contribution in [0.3, 0.4) is 0 Å². The Bertz CT molecular complexity index is 583. The molecule has 0 fully saturated rings. The van der Waals surface area contributed by atoms with Crippen molar-refractivity contribution in [1.82, 2.24) is 4.98 Å². The molecular weight excluding hydrogens is 380 g/mol. The van der Waals surface area contributed by atoms with Crippen molar-refractivity contribution in [2.24, 2.45) is 0 Å². The second-order valence-corrected chi connectivity index (χ2v) is 6.54. The van der Waals surface area contributed by atoms with Crippen molar-refractivity contribution < 1.29 is 4.79 Å². The standard InChI is InChI=1S/C12H10Br2N2OS/c1-7-15-9(6-18-7)5-12(17)16-11-3-2-8(13)4-10(11)14/h2-4,6H,5H2,1H3,(H,16,17). The Morgan fingerprint density at radius 2 is 2.22 bits per heavy atom. The fourth-order valence-corrected chi connectivity index (χ4v) is 3.20. The van der Waals surface area contributed by atoms with E-state index >= 15 is 0 Å². The Morgan fingerprint density at radius 3 is 2.83 bits per heavy atom. The Kier molecular flexibility index (Phi) is 4.53. The van der Waals surface area contributed by atoms with Gasteiger partial charge in [-0.3, -0.25) is 4.79 Å². The van der Waals surface area contributed by atoms with E-state index in [4.69, 9.17) is 0 Å². The third-order valence-electron chi connectivity index (χ3n) is 2.21. The third kappa shape index (κ3) is 3.63. The van der Waals surface area contributed by atoms with Gasteiger partial charge in [0, 0.05) is 14.3 Å². The molecule has 0 saturated carbocycles. The second kappa shape index (κ2) is 5.95. The SMILES string of the molecule is Cc1nc(CC(=O)Nc2ccc(Br)cc2Br)cs1. The lowest BCUT2D eigenvalue weighted by Gasteiger charge is -2.06. The summed E-state index contributed by atoms with van der Waals surface area (Å²) in [5.41, 5.74) is 1.57. The number of hydrogen-bond acceptors (Lipinski definition) is 3. The number of thiazole rings is 1. The quantitative estimate of drug-likeness (QED) is 0.856. The van der Waals surface area contributed by atoms with Crippen LogP contribution in [0.1, 0.15) is 10.7 Å². The summed E-state index contributed by atoms with van der Waals surface area (Å²) in [6.45, 7) is 1.93. The van der Waals surface area contributed by atoms with E-state index in [1.165, 1.54) is 0 Å². The molecule has 0 aliphatic carbocycles. The number of halogens is 2. The normalized spacial score (nSPS) is 10.4. The van der Waals surface area contributed by atoms with Crippen molar-refractivity contribution in [2.75, 3.05) is 5.32 Å². The topological polar surface area (TPSA) is 42.0 Å². The lowest BCUT2D eigenvalue weighted by Crippen LogP contribution is -2.14. The van der Waals surface area contributed by atoms with Crippen LogP contribution in [0.25, 0.3) is 0 Å². The predicted octanol–water partition coefficient (Wildman–Crippen LogP) is 4.16. The highest BCUT2D eigenvalue weighted by molar-refractivity contribution is 9.11. The fourth-order valence-electron chi connectivity index (χ4n) is 1.44. The molecule has 1 N–H and O–H groups in total. The number of nitrogens with zero attached hydrogens (tertiary/aromatic N) is 1. The molecule has 1 aromatic heterocycles. The van der Waals surface area contributed by atoms with Crippen LogP contribution in [-0.4, -0.2) is 10.9 Å². The van der Waals surface area contributed by atoms with E-state index in [0.29, 0.717) is 6.42 Å². The fraction of sp³-hybridized carbons (Fsp3) is 0.167. The third-order valence-corrected chi connectivity index (χ3v) is 4.19. The van der Waals surface area contributed by atoms with Gasteiger partial charge in [-0.2, -0.15) is 0 Å². The Labute approximate surface area is 126 Å². The van der Waals surface area contributed by atoms with E-state index in [-0.39, 0.29) is 5.91 Å². The summed E-state index contributed by atoms with van der Waals surface area (Å²) in [4.78, 5) is 16.1. The Hall–Kier alpha value is -0.720. The molecule has 2 rings (SSSR count). The van der Waals surface area contributed by atoms with Crippen LogP contribution in [0.5, 0.6) is 0 Å². The van der Waals surface area contributed by atoms with Crippen molar-refractivity contribution in [3.05, 3.63) is 43.2 Å². The number of aryl methyl sites for hydroxylation is 1. The first-order valence-electron chi connectivity index (χ1n) is 5.20. The van der Waals surface area contributed by atoms with Crippen LogP contribution >= 0.6 is 43.2 Å². The van der Waals surface area contributed by atoms with Crippen molar-refractivity contribution >= 4 is 54.8 Å². The number of carbonyl (C=O) groups excluding carboxylic acids is 1. The van der Waals surface area contributed by atoms with Crippen molar-refractivity contribution in [2.45, 2.75) is 13.3 Å². The average molecular weight is 390 g/mol. The summed E-state index contributed by atoms with van der Waals surface area (Å²) in [6.07, 6.45) is 0.298. The summed E-state index contributed by atoms with van der Waals surface area (Å²) < 4.78 is 1.81. The van der Waals surface area contributed by atoms with E-state index in [1.807, 2.05) is 30.5 Å². The molecule has 0 bridgehead atoms. The summed E-state index contributed by atoms with van der Waals surface area (Å²) in [6, 6.07) is 5.62. The summed E-state index contributed by atoms with van der Waals surface area (Å²) in [7, 11) is 0. The number of aromatic nitrogens is 1. The summed E-state index contributed by atoms with van der Waals surface area (Å²) >= 11 is 8.33. The van der Waals surface area contributed by atoms with E-state index in [0.717, 1.165) is 25.3 Å². The molecule has 3 nitrogen and oxygen atoms in total. The minimum atomic E-state index is -0.0664. The first-order chi connectivity index (χ1) is 8.54. The largest absolute Gasteiger partial charge is 0.325 e. The molecular formula is C12H10Br2N2OS. The van der Waals surface area contributed by atoms with Crippen LogP contribution in [0, 0.1) is 6.92 Å². The Morgan fingerprint density at radius 1 is 1.44 bits per heavy atom. The number of rotatable bonds is 3. The van der Waals surface area contributed by atoms with Crippen LogP contribution in [-0.2, 0) is 11.2 Å². The highest BCUT2D eigenvalue weighted by atomic mass is 79.9. The number of anilines is 1. The molecule has 1 heterocycles. The van der Waals surface area contributed by atoms with Crippen LogP contribution < -0.4 is 5.32 Å². The lowest BCUT2D eigenvalue weighted by atomic mass is 10.3. The van der Waals surface area contributed by atoms with Gasteiger partial charge in [0.25, 0.3) is 0 Å². The van der Waals surface area contributed by atoms with Gasteiger partial charge in [-0.1, -0.05) is 15.9 Å². The smallest absolute Gasteiger partial charge is 0.230 e. The molecule has 94 valence electrons. The molecule has 0 spiro atoms. The number of benzene rings is 1. The van der Waals surface area contributed by atoms with Crippen molar-refractivity contribution in [3.63, 3.8) is 0 Å². The monoisotopic (exact) mass is 388 g/mol. The van der Waals surface area contributed by atoms with E-state index in [2.05, 4.69) is 42.2 Å². The number of hydrogen-bond donors (Lipinski definition) is 1. The van der Waals surface area contributed by atoms with Gasteiger partial charge in [-0.05, 0) is 41.1 Å². The van der Waals surface area contributed by atoms with Gasteiger partial charge in [0.05, 0.1) is 22.8 Å². The highest BCUT2D eigenvalue weighted by Gasteiger charge is 2.08. The molecule has 0 unspecified atom stereocenters. The highest BCUT2D eigenvalue weighted by Crippen LogP contribution is 2.26. The minimum Gasteiger partial charge on any atom is -0.325 e. The molecule has 0 radical (unpaired) electrons. The molecule has 2 aromatic rings. The van der Waals surface area contributed by atoms with E-state index in [1.54, 1.807) is 11.3 Å². The average Bonchev–Trinajstić information content (AvgIpc) is 2.68. The summed E-state index contributed by atoms with van der Waals surface area (Å²) in [5, 5.41) is 5.74. The molecule has 0 saturated heterocycles. The molecule has 1 amide bonds. The van der Waals surface area contributed by atoms with Gasteiger partial charge >= 0.3 is 0 Å². The predicted molar refractivity (Wildman–Crippen MR) is 81.0 cm³/mol. The first-order valence-corrected chi connectivity index (χ1v) is 7.67. The number of nitrogens with one attached hydrogen (secondary N) is 1. The number of carbonyl (C=O) groups is 1. The van der Waals surface area contributed by atoms with Gasteiger partial charge in [0.2, 0.25) is 5.91 Å². The van der Waals surface area contributed by atoms with Gasteiger partial charge < -0.3 is 5.32 Å². The van der Waals surface area contributed by atoms with Crippen molar-refractivity contribution in [3.8, 4) is 0 Å². The zero-order valence-corrected chi connectivity index (χ0v) is 13.5. The zero-order valence-electron chi connectivity index (χ0n) is 9.54. The minimum absolute atomic E-state index is 0.0664. The Balaban J connectivity index is 2.03. The molecule has 0 aliphatic heterocycles. The first kappa shape index (κ1) is 13.7. The molecule has 0 aliphatic rings. The van der Waals surface area contributed by atoms with E-state index < -0.39 is 0 Å². The maximum atomic E-state index is 11.8. The van der Waals surface area contributed by atoms with Gasteiger partial charge in [-0.15, -0.1) is 11.3 Å². The second-order valence-electron chi connectivity index (χ2n) is 3.71. The van der Waals surface area contributed by atoms with Crippen LogP contribution in [0.15, 0.2) is 32.5 Å². The van der Waals surface area contributed by atoms with Crippen molar-refractivity contribution in [1.29, 1.82) is 0 Å². The summed E-state index contributed by atoms with van der Waals surface area (Å²) in [5.74, 6) is -0.0664. The maximum Gasteiger partial charge on any atom is 0.230 e. The van der Waals surface area contributed by atoms with Crippen LogP contribution in [0.4, 0.5) is 5.69 Å².